The number of hydrogen-bond acceptors (Lipinski definition) is 4. The quantitative estimate of drug-likeness (QED) is 0.907. The summed E-state index contributed by atoms with van der Waals surface area (Å²) in [6.45, 7) is 7.98. The molecule has 6 nitrogen and oxygen atoms in total. The van der Waals surface area contributed by atoms with Crippen molar-refractivity contribution in [2.45, 2.75) is 39.5 Å². The van der Waals surface area contributed by atoms with Gasteiger partial charge >= 0.3 is 0 Å². The Labute approximate surface area is 128 Å². The first-order chi connectivity index (χ1) is 9.88. The molecule has 0 saturated carbocycles. The van der Waals surface area contributed by atoms with Crippen LogP contribution in [0.3, 0.4) is 0 Å². The smallest absolute Gasteiger partial charge is 0.277 e. The fraction of sp³-hybridized carbons (Fsp3) is 0.429. The van der Waals surface area contributed by atoms with Crippen LogP contribution < -0.4 is 5.32 Å². The molecular weight excluding hydrogens is 290 g/mol. The van der Waals surface area contributed by atoms with Gasteiger partial charge in [-0.1, -0.05) is 39.3 Å². The van der Waals surface area contributed by atoms with E-state index in [0.717, 1.165) is 5.69 Å². The van der Waals surface area contributed by atoms with E-state index in [0.29, 0.717) is 17.6 Å². The van der Waals surface area contributed by atoms with Gasteiger partial charge in [-0.05, 0) is 5.92 Å². The van der Waals surface area contributed by atoms with Crippen molar-refractivity contribution in [3.8, 4) is 0 Å². The van der Waals surface area contributed by atoms with Crippen molar-refractivity contribution in [2.75, 3.05) is 5.32 Å². The third-order valence-corrected chi connectivity index (χ3v) is 3.23. The SMILES string of the molecule is CC(C)c1ncc(Cl)c(C(=O)Nc2cc(C(C)C)[nH]n2)n1. The van der Waals surface area contributed by atoms with Crippen molar-refractivity contribution in [2.24, 2.45) is 0 Å². The van der Waals surface area contributed by atoms with E-state index in [9.17, 15) is 4.79 Å². The van der Waals surface area contributed by atoms with Gasteiger partial charge in [0.05, 0.1) is 11.2 Å². The molecule has 0 radical (unpaired) electrons. The second-order valence-corrected chi connectivity index (χ2v) is 5.80. The number of H-pyrrole nitrogens is 1. The van der Waals surface area contributed by atoms with E-state index < -0.39 is 5.91 Å². The summed E-state index contributed by atoms with van der Waals surface area (Å²) in [4.78, 5) is 20.6. The lowest BCUT2D eigenvalue weighted by Gasteiger charge is -2.07. The predicted molar refractivity (Wildman–Crippen MR) is 81.8 cm³/mol. The minimum atomic E-state index is -0.397. The van der Waals surface area contributed by atoms with E-state index in [1.807, 2.05) is 27.7 Å². The van der Waals surface area contributed by atoms with E-state index in [-0.39, 0.29) is 16.6 Å². The molecule has 0 atom stereocenters. The van der Waals surface area contributed by atoms with Crippen molar-refractivity contribution < 1.29 is 4.79 Å². The molecule has 21 heavy (non-hydrogen) atoms. The standard InChI is InChI=1S/C14H18ClN5O/c1-7(2)10-5-11(20-19-10)17-14(21)12-9(15)6-16-13(18-12)8(3)4/h5-8H,1-4H3,(H2,17,19,20,21). The molecule has 0 saturated heterocycles. The fourth-order valence-electron chi connectivity index (χ4n) is 1.69. The zero-order chi connectivity index (χ0) is 15.6. The van der Waals surface area contributed by atoms with Gasteiger partial charge < -0.3 is 5.32 Å². The normalized spacial score (nSPS) is 11.2. The Morgan fingerprint density at radius 2 is 2.00 bits per heavy atom. The molecule has 0 spiro atoms. The summed E-state index contributed by atoms with van der Waals surface area (Å²) in [5, 5.41) is 9.83. The number of hydrogen-bond donors (Lipinski definition) is 2. The second kappa shape index (κ2) is 6.22. The summed E-state index contributed by atoms with van der Waals surface area (Å²) in [5.41, 5.74) is 1.10. The number of aromatic amines is 1. The first kappa shape index (κ1) is 15.4. The molecule has 112 valence electrons. The Bertz CT molecular complexity index is 651. The molecule has 2 N–H and O–H groups in total. The van der Waals surface area contributed by atoms with Crippen molar-refractivity contribution in [1.82, 2.24) is 20.2 Å². The second-order valence-electron chi connectivity index (χ2n) is 5.40. The molecule has 0 aliphatic heterocycles. The van der Waals surface area contributed by atoms with Gasteiger partial charge in [-0.25, -0.2) is 9.97 Å². The van der Waals surface area contributed by atoms with Crippen LogP contribution in [0.25, 0.3) is 0 Å². The third-order valence-electron chi connectivity index (χ3n) is 2.96. The highest BCUT2D eigenvalue weighted by Gasteiger charge is 2.17. The van der Waals surface area contributed by atoms with Crippen molar-refractivity contribution >= 4 is 23.3 Å². The van der Waals surface area contributed by atoms with Crippen LogP contribution in [0, 0.1) is 0 Å². The van der Waals surface area contributed by atoms with Gasteiger partial charge in [-0.3, -0.25) is 9.89 Å². The minimum absolute atomic E-state index is 0.117. The van der Waals surface area contributed by atoms with Crippen LogP contribution in [0.5, 0.6) is 0 Å². The van der Waals surface area contributed by atoms with Crippen LogP contribution in [0.4, 0.5) is 5.82 Å². The van der Waals surface area contributed by atoms with Crippen LogP contribution in [-0.2, 0) is 0 Å². The first-order valence-electron chi connectivity index (χ1n) is 6.77. The number of aromatic nitrogens is 4. The molecule has 0 unspecified atom stereocenters. The highest BCUT2D eigenvalue weighted by atomic mass is 35.5. The van der Waals surface area contributed by atoms with E-state index >= 15 is 0 Å². The lowest BCUT2D eigenvalue weighted by atomic mass is 10.1. The number of nitrogens with zero attached hydrogens (tertiary/aromatic N) is 3. The van der Waals surface area contributed by atoms with E-state index in [2.05, 4.69) is 25.5 Å². The summed E-state index contributed by atoms with van der Waals surface area (Å²) < 4.78 is 0. The molecule has 0 fully saturated rings. The molecule has 2 aromatic heterocycles. The Balaban J connectivity index is 2.21. The minimum Gasteiger partial charge on any atom is -0.304 e. The number of carbonyl (C=O) groups excluding carboxylic acids is 1. The van der Waals surface area contributed by atoms with Crippen LogP contribution >= 0.6 is 11.6 Å². The predicted octanol–water partition coefficient (Wildman–Crippen LogP) is 3.35. The molecule has 0 aliphatic rings. The van der Waals surface area contributed by atoms with Gasteiger partial charge in [0.25, 0.3) is 5.91 Å². The molecular formula is C14H18ClN5O. The average molecular weight is 308 g/mol. The summed E-state index contributed by atoms with van der Waals surface area (Å²) in [7, 11) is 0. The average Bonchev–Trinajstić information content (AvgIpc) is 2.87. The summed E-state index contributed by atoms with van der Waals surface area (Å²) in [6.07, 6.45) is 1.45. The van der Waals surface area contributed by atoms with E-state index in [1.165, 1.54) is 6.20 Å². The van der Waals surface area contributed by atoms with Crippen LogP contribution in [0.2, 0.25) is 5.02 Å². The number of halogens is 1. The maximum atomic E-state index is 12.2. The van der Waals surface area contributed by atoms with Gasteiger partial charge in [0, 0.05) is 17.7 Å². The van der Waals surface area contributed by atoms with Crippen molar-refractivity contribution in [3.63, 3.8) is 0 Å². The van der Waals surface area contributed by atoms with Gasteiger partial charge in [0.15, 0.2) is 11.5 Å². The maximum absolute atomic E-state index is 12.2. The lowest BCUT2D eigenvalue weighted by Crippen LogP contribution is -2.16. The Kier molecular flexibility index (Phi) is 4.57. The molecule has 1 amide bonds. The first-order valence-corrected chi connectivity index (χ1v) is 7.15. The molecule has 0 bridgehead atoms. The molecule has 7 heteroatoms. The van der Waals surface area contributed by atoms with Gasteiger partial charge in [0.1, 0.15) is 5.82 Å². The zero-order valence-electron chi connectivity index (χ0n) is 12.4. The Hall–Kier alpha value is -1.95. The van der Waals surface area contributed by atoms with Crippen LogP contribution in [-0.4, -0.2) is 26.1 Å². The van der Waals surface area contributed by atoms with Gasteiger partial charge in [0.2, 0.25) is 0 Å². The number of rotatable bonds is 4. The highest BCUT2D eigenvalue weighted by Crippen LogP contribution is 2.19. The van der Waals surface area contributed by atoms with E-state index in [4.69, 9.17) is 11.6 Å². The van der Waals surface area contributed by atoms with Crippen LogP contribution in [0.1, 0.15) is 61.5 Å². The van der Waals surface area contributed by atoms with Gasteiger partial charge in [-0.2, -0.15) is 5.10 Å². The Morgan fingerprint density at radius 1 is 1.29 bits per heavy atom. The van der Waals surface area contributed by atoms with Crippen molar-refractivity contribution in [3.05, 3.63) is 34.5 Å². The van der Waals surface area contributed by atoms with Crippen molar-refractivity contribution in [1.29, 1.82) is 0 Å². The zero-order valence-corrected chi connectivity index (χ0v) is 13.2. The topological polar surface area (TPSA) is 83.6 Å². The molecule has 2 rings (SSSR count). The highest BCUT2D eigenvalue weighted by molar-refractivity contribution is 6.33. The van der Waals surface area contributed by atoms with E-state index in [1.54, 1.807) is 6.07 Å². The third kappa shape index (κ3) is 3.58. The number of carbonyl (C=O) groups is 1. The monoisotopic (exact) mass is 307 g/mol. The fourth-order valence-corrected chi connectivity index (χ4v) is 1.87. The van der Waals surface area contributed by atoms with Gasteiger partial charge in [-0.15, -0.1) is 0 Å². The number of nitrogens with one attached hydrogen (secondary N) is 2. The lowest BCUT2D eigenvalue weighted by molar-refractivity contribution is 0.102. The maximum Gasteiger partial charge on any atom is 0.277 e. The Morgan fingerprint density at radius 3 is 2.57 bits per heavy atom. The molecule has 0 aromatic carbocycles. The summed E-state index contributed by atoms with van der Waals surface area (Å²) in [6, 6.07) is 1.79. The summed E-state index contributed by atoms with van der Waals surface area (Å²) >= 11 is 6.00. The number of amides is 1. The molecule has 0 aliphatic carbocycles. The number of anilines is 1. The van der Waals surface area contributed by atoms with Crippen LogP contribution in [0.15, 0.2) is 12.3 Å². The summed E-state index contributed by atoms with van der Waals surface area (Å²) in [5.74, 6) is 1.05. The molecule has 2 aromatic rings. The molecule has 2 heterocycles. The largest absolute Gasteiger partial charge is 0.304 e.